The predicted octanol–water partition coefficient (Wildman–Crippen LogP) is 6.59. The van der Waals surface area contributed by atoms with Gasteiger partial charge >= 0.3 is 24.6 Å². The Bertz CT molecular complexity index is 1350. The highest BCUT2D eigenvalue weighted by Crippen LogP contribution is 2.44. The molecule has 216 valence electrons. The third-order valence-electron chi connectivity index (χ3n) is 6.39. The quantitative estimate of drug-likeness (QED) is 0.337. The largest absolute Gasteiger partial charge is 0.465 e. The number of alkyl halides is 9. The van der Waals surface area contributed by atoms with Crippen LogP contribution in [-0.4, -0.2) is 38.4 Å². The van der Waals surface area contributed by atoms with Crippen LogP contribution >= 0.6 is 0 Å². The van der Waals surface area contributed by atoms with Gasteiger partial charge in [0.25, 0.3) is 5.95 Å². The average molecular weight is 582 g/mol. The summed E-state index contributed by atoms with van der Waals surface area (Å²) in [5, 5.41) is 22.8. The fourth-order valence-electron chi connectivity index (χ4n) is 4.67. The number of anilines is 2. The van der Waals surface area contributed by atoms with Crippen LogP contribution in [-0.2, 0) is 25.1 Å². The van der Waals surface area contributed by atoms with Gasteiger partial charge in [0.15, 0.2) is 0 Å². The number of fused-ring (bicyclic) bond motifs is 1. The van der Waals surface area contributed by atoms with Crippen LogP contribution < -0.4 is 9.80 Å². The van der Waals surface area contributed by atoms with Gasteiger partial charge in [-0.15, -0.1) is 5.10 Å². The number of carboxylic acid groups (broad SMARTS) is 1. The second kappa shape index (κ2) is 10.2. The molecule has 8 nitrogen and oxygen atoms in total. The Morgan fingerprint density at radius 2 is 1.62 bits per heavy atom. The zero-order valence-corrected chi connectivity index (χ0v) is 20.3. The molecule has 40 heavy (non-hydrogen) atoms. The van der Waals surface area contributed by atoms with Crippen LogP contribution in [0.2, 0.25) is 0 Å². The first kappa shape index (κ1) is 28.9. The SMILES string of the molecule is Cc1cc2c(cc1C(F)(F)F)N(C(=O)O)CCC[C@@H]2N(Cc1cc(C(F)(F)F)cc(C(F)(F)F)c1)c1nn[nH]n1. The number of halogens is 9. The van der Waals surface area contributed by atoms with Crippen molar-refractivity contribution in [3.63, 3.8) is 0 Å². The first-order valence-electron chi connectivity index (χ1n) is 11.5. The van der Waals surface area contributed by atoms with Crippen molar-refractivity contribution >= 4 is 17.7 Å². The van der Waals surface area contributed by atoms with Crippen molar-refractivity contribution in [3.05, 3.63) is 63.7 Å². The number of benzene rings is 2. The minimum Gasteiger partial charge on any atom is -0.465 e. The normalized spacial score (nSPS) is 16.4. The number of carbonyl (C=O) groups is 1. The molecular formula is C23H19F9N6O2. The molecule has 2 aromatic carbocycles. The molecule has 0 saturated heterocycles. The number of nitrogens with one attached hydrogen (secondary N) is 1. The van der Waals surface area contributed by atoms with Crippen molar-refractivity contribution < 1.29 is 49.4 Å². The fraction of sp³-hybridized carbons (Fsp3) is 0.391. The summed E-state index contributed by atoms with van der Waals surface area (Å²) in [5.74, 6) is -0.275. The maximum atomic E-state index is 13.7. The molecule has 1 amide bonds. The van der Waals surface area contributed by atoms with E-state index in [-0.39, 0.29) is 48.2 Å². The molecule has 2 heterocycles. The lowest BCUT2D eigenvalue weighted by Crippen LogP contribution is -2.32. The predicted molar refractivity (Wildman–Crippen MR) is 120 cm³/mol. The molecule has 1 atom stereocenters. The second-order valence-corrected chi connectivity index (χ2v) is 9.07. The molecule has 0 unspecified atom stereocenters. The Kier molecular flexibility index (Phi) is 7.36. The van der Waals surface area contributed by atoms with E-state index >= 15 is 0 Å². The first-order chi connectivity index (χ1) is 18.5. The van der Waals surface area contributed by atoms with E-state index in [2.05, 4.69) is 20.6 Å². The van der Waals surface area contributed by atoms with Crippen LogP contribution in [0.5, 0.6) is 0 Å². The van der Waals surface area contributed by atoms with Crippen molar-refractivity contribution in [1.29, 1.82) is 0 Å². The number of amides is 1. The molecule has 0 bridgehead atoms. The summed E-state index contributed by atoms with van der Waals surface area (Å²) in [5.41, 5.74) is -5.23. The zero-order chi connectivity index (χ0) is 29.6. The van der Waals surface area contributed by atoms with Crippen LogP contribution in [0, 0.1) is 6.92 Å². The highest BCUT2D eigenvalue weighted by Gasteiger charge is 2.40. The van der Waals surface area contributed by atoms with Gasteiger partial charge in [-0.1, -0.05) is 11.2 Å². The Hall–Kier alpha value is -4.05. The number of aromatic nitrogens is 4. The lowest BCUT2D eigenvalue weighted by molar-refractivity contribution is -0.143. The van der Waals surface area contributed by atoms with Gasteiger partial charge in [-0.05, 0) is 65.9 Å². The molecule has 1 aliphatic rings. The van der Waals surface area contributed by atoms with Crippen LogP contribution in [0.15, 0.2) is 30.3 Å². The molecule has 4 rings (SSSR count). The summed E-state index contributed by atoms with van der Waals surface area (Å²) >= 11 is 0. The van der Waals surface area contributed by atoms with E-state index in [1.54, 1.807) is 0 Å². The zero-order valence-electron chi connectivity index (χ0n) is 20.3. The monoisotopic (exact) mass is 582 g/mol. The molecule has 3 aromatic rings. The van der Waals surface area contributed by atoms with Crippen molar-refractivity contribution in [2.24, 2.45) is 0 Å². The molecule has 0 fully saturated rings. The molecule has 17 heteroatoms. The van der Waals surface area contributed by atoms with Gasteiger partial charge in [-0.2, -0.15) is 44.7 Å². The van der Waals surface area contributed by atoms with Gasteiger partial charge in [0.05, 0.1) is 28.4 Å². The number of aryl methyl sites for hydroxylation is 1. The Morgan fingerprint density at radius 1 is 1.00 bits per heavy atom. The molecule has 1 aromatic heterocycles. The van der Waals surface area contributed by atoms with E-state index in [1.165, 1.54) is 4.90 Å². The van der Waals surface area contributed by atoms with Crippen LogP contribution in [0.25, 0.3) is 0 Å². The van der Waals surface area contributed by atoms with E-state index in [9.17, 15) is 49.4 Å². The minimum absolute atomic E-state index is 0.0318. The smallest absolute Gasteiger partial charge is 0.416 e. The topological polar surface area (TPSA) is 98.2 Å². The van der Waals surface area contributed by atoms with Crippen molar-refractivity contribution in [1.82, 2.24) is 20.6 Å². The lowest BCUT2D eigenvalue weighted by Gasteiger charge is -2.32. The van der Waals surface area contributed by atoms with Crippen LogP contribution in [0.3, 0.4) is 0 Å². The van der Waals surface area contributed by atoms with E-state index in [0.717, 1.165) is 13.0 Å². The Balaban J connectivity index is 1.90. The van der Waals surface area contributed by atoms with Crippen LogP contribution in [0.4, 0.5) is 55.9 Å². The van der Waals surface area contributed by atoms with Crippen molar-refractivity contribution in [2.45, 2.75) is 50.9 Å². The second-order valence-electron chi connectivity index (χ2n) is 9.07. The van der Waals surface area contributed by atoms with Gasteiger partial charge < -0.3 is 10.0 Å². The summed E-state index contributed by atoms with van der Waals surface area (Å²) in [6.07, 6.45) is -16.5. The van der Waals surface area contributed by atoms with E-state index in [1.807, 2.05) is 0 Å². The molecular weight excluding hydrogens is 563 g/mol. The molecule has 0 aliphatic carbocycles. The summed E-state index contributed by atoms with van der Waals surface area (Å²) in [4.78, 5) is 13.8. The maximum absolute atomic E-state index is 13.7. The van der Waals surface area contributed by atoms with Gasteiger partial charge in [-0.3, -0.25) is 4.90 Å². The summed E-state index contributed by atoms with van der Waals surface area (Å²) < 4.78 is 122. The number of hydrogen-bond acceptors (Lipinski definition) is 5. The van der Waals surface area contributed by atoms with Crippen molar-refractivity contribution in [3.8, 4) is 0 Å². The third kappa shape index (κ3) is 5.91. The number of aromatic amines is 1. The van der Waals surface area contributed by atoms with Gasteiger partial charge in [0.2, 0.25) is 0 Å². The van der Waals surface area contributed by atoms with Gasteiger partial charge in [0, 0.05) is 13.1 Å². The third-order valence-corrected chi connectivity index (χ3v) is 6.39. The van der Waals surface area contributed by atoms with E-state index in [0.29, 0.717) is 23.1 Å². The highest BCUT2D eigenvalue weighted by molar-refractivity contribution is 5.88. The minimum atomic E-state index is -5.12. The molecule has 0 spiro atoms. The number of H-pyrrole nitrogens is 1. The maximum Gasteiger partial charge on any atom is 0.416 e. The van der Waals surface area contributed by atoms with Crippen molar-refractivity contribution in [2.75, 3.05) is 16.3 Å². The number of rotatable bonds is 4. The summed E-state index contributed by atoms with van der Waals surface area (Å²) in [6, 6.07) is 1.71. The Labute approximate surface area is 219 Å². The van der Waals surface area contributed by atoms with Crippen LogP contribution in [0.1, 0.15) is 52.3 Å². The van der Waals surface area contributed by atoms with Gasteiger partial charge in [0.1, 0.15) is 0 Å². The molecule has 2 N–H and O–H groups in total. The Morgan fingerprint density at radius 3 is 2.12 bits per heavy atom. The highest BCUT2D eigenvalue weighted by atomic mass is 19.4. The molecule has 0 radical (unpaired) electrons. The number of tetrazole rings is 1. The summed E-state index contributed by atoms with van der Waals surface area (Å²) in [7, 11) is 0. The van der Waals surface area contributed by atoms with Gasteiger partial charge in [-0.25, -0.2) is 4.79 Å². The average Bonchev–Trinajstić information content (AvgIpc) is 3.29. The first-order valence-corrected chi connectivity index (χ1v) is 11.5. The van der Waals surface area contributed by atoms with E-state index in [4.69, 9.17) is 0 Å². The molecule has 1 aliphatic heterocycles. The lowest BCUT2D eigenvalue weighted by atomic mass is 9.94. The number of hydrogen-bond donors (Lipinski definition) is 2. The molecule has 0 saturated carbocycles. The standard InChI is InChI=1S/C23H19F9N6O2/c1-11-5-15-17(3-2-4-37(20(39)40)18(15)9-16(11)23(30,31)32)38(19-33-35-36-34-19)10-12-6-13(21(24,25)26)8-14(7-12)22(27,28)29/h5-9,17H,2-4,10H2,1H3,(H,39,40)(H,33,34,35,36)/t17-/m0/s1. The summed E-state index contributed by atoms with van der Waals surface area (Å²) in [6.45, 7) is 0.280. The fourth-order valence-corrected chi connectivity index (χ4v) is 4.67. The van der Waals surface area contributed by atoms with E-state index < -0.39 is 59.5 Å². The number of nitrogens with zero attached hydrogens (tertiary/aromatic N) is 5.